The Bertz CT molecular complexity index is 923. The summed E-state index contributed by atoms with van der Waals surface area (Å²) >= 11 is 0. The molecule has 8 heteroatoms. The lowest BCUT2D eigenvalue weighted by Crippen LogP contribution is -2.15. The molecule has 0 unspecified atom stereocenters. The Morgan fingerprint density at radius 3 is 2.57 bits per heavy atom. The summed E-state index contributed by atoms with van der Waals surface area (Å²) in [6.07, 6.45) is 3.60. The molecular formula is C22H26N2O6. The first-order valence-electron chi connectivity index (χ1n) is 9.70. The molecule has 1 aliphatic carbocycles. The molecule has 0 amide bonds. The average molecular weight is 414 g/mol. The van der Waals surface area contributed by atoms with E-state index in [-0.39, 0.29) is 18.1 Å². The fraction of sp³-hybridized carbons (Fsp3) is 0.409. The third-order valence-electron chi connectivity index (χ3n) is 4.78. The molecule has 0 radical (unpaired) electrons. The fourth-order valence-corrected chi connectivity index (χ4v) is 2.85. The van der Waals surface area contributed by atoms with Crippen LogP contribution >= 0.6 is 0 Å². The van der Waals surface area contributed by atoms with Gasteiger partial charge in [-0.25, -0.2) is 4.79 Å². The highest BCUT2D eigenvalue weighted by Gasteiger charge is 2.25. The zero-order valence-corrected chi connectivity index (χ0v) is 17.6. The summed E-state index contributed by atoms with van der Waals surface area (Å²) in [5, 5.41) is 8.16. The molecule has 0 atom stereocenters. The van der Waals surface area contributed by atoms with Crippen LogP contribution in [0.25, 0.3) is 5.57 Å². The molecule has 1 heterocycles. The van der Waals surface area contributed by atoms with E-state index >= 15 is 0 Å². The molecule has 8 nitrogen and oxygen atoms in total. The maximum Gasteiger partial charge on any atom is 0.341 e. The Morgan fingerprint density at radius 2 is 1.97 bits per heavy atom. The number of oxime groups is 1. The third-order valence-corrected chi connectivity index (χ3v) is 4.78. The molecule has 0 aliphatic heterocycles. The fourth-order valence-electron chi connectivity index (χ4n) is 2.85. The summed E-state index contributed by atoms with van der Waals surface area (Å²) in [5.74, 6) is 0.955. The standard InChI is InChI=1S/C22H26N2O6/c1-14-19(15(2)30-23-14)13-29-24-21(28-11-16-9-10-16)18-8-6-5-7-17(18)20(12-26-3)22(25)27-4/h5-8,12,16H,9-11,13H2,1-4H3/b20-12+,24-21+. The number of esters is 1. The van der Waals surface area contributed by atoms with Gasteiger partial charge in [0.05, 0.1) is 38.3 Å². The van der Waals surface area contributed by atoms with E-state index in [0.717, 1.165) is 24.1 Å². The molecule has 1 aromatic carbocycles. The predicted molar refractivity (Wildman–Crippen MR) is 109 cm³/mol. The van der Waals surface area contributed by atoms with E-state index < -0.39 is 5.97 Å². The molecular weight excluding hydrogens is 388 g/mol. The number of hydrogen-bond donors (Lipinski definition) is 0. The van der Waals surface area contributed by atoms with Crippen molar-refractivity contribution in [2.24, 2.45) is 11.1 Å². The molecule has 1 aromatic heterocycles. The molecule has 0 saturated heterocycles. The minimum atomic E-state index is -0.525. The van der Waals surface area contributed by atoms with Crippen molar-refractivity contribution >= 4 is 17.4 Å². The monoisotopic (exact) mass is 414 g/mol. The number of ether oxygens (including phenoxy) is 3. The van der Waals surface area contributed by atoms with Gasteiger partial charge in [-0.05, 0) is 43.8 Å². The number of nitrogens with zero attached hydrogens (tertiary/aromatic N) is 2. The van der Waals surface area contributed by atoms with Crippen LogP contribution in [-0.4, -0.2) is 37.9 Å². The van der Waals surface area contributed by atoms with E-state index in [1.54, 1.807) is 6.07 Å². The second-order valence-corrected chi connectivity index (χ2v) is 7.03. The van der Waals surface area contributed by atoms with Crippen molar-refractivity contribution in [1.29, 1.82) is 0 Å². The number of rotatable bonds is 9. The van der Waals surface area contributed by atoms with Crippen molar-refractivity contribution in [3.05, 3.63) is 58.7 Å². The van der Waals surface area contributed by atoms with Gasteiger partial charge in [0.2, 0.25) is 0 Å². The van der Waals surface area contributed by atoms with Crippen molar-refractivity contribution in [3.63, 3.8) is 0 Å². The number of hydrogen-bond acceptors (Lipinski definition) is 8. The molecule has 0 bridgehead atoms. The summed E-state index contributed by atoms with van der Waals surface area (Å²) in [6, 6.07) is 7.24. The molecule has 30 heavy (non-hydrogen) atoms. The lowest BCUT2D eigenvalue weighted by molar-refractivity contribution is -0.133. The molecule has 0 spiro atoms. The second kappa shape index (κ2) is 9.96. The normalized spacial score (nSPS) is 14.4. The van der Waals surface area contributed by atoms with E-state index in [4.69, 9.17) is 23.6 Å². The van der Waals surface area contributed by atoms with Crippen LogP contribution in [0.15, 0.2) is 40.2 Å². The van der Waals surface area contributed by atoms with E-state index in [1.165, 1.54) is 20.5 Å². The lowest BCUT2D eigenvalue weighted by atomic mass is 10.0. The molecule has 1 saturated carbocycles. The van der Waals surface area contributed by atoms with Crippen molar-refractivity contribution in [3.8, 4) is 0 Å². The Kier molecular flexibility index (Phi) is 7.11. The van der Waals surface area contributed by atoms with Crippen LogP contribution in [0.5, 0.6) is 0 Å². The van der Waals surface area contributed by atoms with Crippen LogP contribution < -0.4 is 0 Å². The molecule has 1 aliphatic rings. The molecule has 2 aromatic rings. The van der Waals surface area contributed by atoms with Crippen LogP contribution in [0.2, 0.25) is 0 Å². The van der Waals surface area contributed by atoms with Crippen LogP contribution in [0, 0.1) is 19.8 Å². The van der Waals surface area contributed by atoms with Crippen molar-refractivity contribution < 1.29 is 28.4 Å². The van der Waals surface area contributed by atoms with E-state index in [1.807, 2.05) is 32.0 Å². The van der Waals surface area contributed by atoms with Gasteiger partial charge >= 0.3 is 5.97 Å². The average Bonchev–Trinajstić information content (AvgIpc) is 3.54. The summed E-state index contributed by atoms with van der Waals surface area (Å²) in [7, 11) is 2.79. The van der Waals surface area contributed by atoms with Gasteiger partial charge in [0.1, 0.15) is 17.9 Å². The van der Waals surface area contributed by atoms with E-state index in [9.17, 15) is 4.79 Å². The number of methoxy groups -OCH3 is 2. The minimum Gasteiger partial charge on any atom is -0.503 e. The van der Waals surface area contributed by atoms with Crippen molar-refractivity contribution in [2.45, 2.75) is 33.3 Å². The number of benzene rings is 1. The second-order valence-electron chi connectivity index (χ2n) is 7.03. The van der Waals surface area contributed by atoms with Gasteiger partial charge < -0.3 is 23.6 Å². The Labute approximate surface area is 175 Å². The van der Waals surface area contributed by atoms with Gasteiger partial charge in [0, 0.05) is 11.1 Å². The highest BCUT2D eigenvalue weighted by molar-refractivity contribution is 6.19. The summed E-state index contributed by atoms with van der Waals surface area (Å²) in [6.45, 7) is 4.39. The Morgan fingerprint density at radius 1 is 1.23 bits per heavy atom. The maximum absolute atomic E-state index is 12.3. The van der Waals surface area contributed by atoms with Crippen LogP contribution in [0.3, 0.4) is 0 Å². The number of carbonyl (C=O) groups excluding carboxylic acids is 1. The number of aryl methyl sites for hydroxylation is 2. The predicted octanol–water partition coefficient (Wildman–Crippen LogP) is 3.76. The van der Waals surface area contributed by atoms with Gasteiger partial charge in [-0.2, -0.15) is 0 Å². The van der Waals surface area contributed by atoms with Crippen LogP contribution in [0.4, 0.5) is 0 Å². The quantitative estimate of drug-likeness (QED) is 0.154. The smallest absolute Gasteiger partial charge is 0.341 e. The molecule has 3 rings (SSSR count). The highest BCUT2D eigenvalue weighted by Crippen LogP contribution is 2.30. The van der Waals surface area contributed by atoms with Gasteiger partial charge in [0.25, 0.3) is 5.90 Å². The number of carbonyl (C=O) groups is 1. The Hall–Kier alpha value is -3.29. The SMILES string of the molecule is CO/C=C(/C(=O)OC)c1ccccc1/C(=N\OCc1c(C)noc1C)OCC1CC1. The molecule has 1 fully saturated rings. The first-order valence-corrected chi connectivity index (χ1v) is 9.70. The van der Waals surface area contributed by atoms with Crippen molar-refractivity contribution in [1.82, 2.24) is 5.16 Å². The molecule has 160 valence electrons. The van der Waals surface area contributed by atoms with Gasteiger partial charge in [0.15, 0.2) is 0 Å². The zero-order chi connectivity index (χ0) is 21.5. The topological polar surface area (TPSA) is 92.4 Å². The summed E-state index contributed by atoms with van der Waals surface area (Å²) in [4.78, 5) is 17.9. The van der Waals surface area contributed by atoms with E-state index in [0.29, 0.717) is 29.4 Å². The first kappa shape index (κ1) is 21.4. The maximum atomic E-state index is 12.3. The summed E-state index contributed by atoms with van der Waals surface area (Å²) in [5.41, 5.74) is 3.01. The lowest BCUT2D eigenvalue weighted by Gasteiger charge is -2.14. The third kappa shape index (κ3) is 5.20. The first-order chi connectivity index (χ1) is 14.5. The number of aromatic nitrogens is 1. The van der Waals surface area contributed by atoms with Gasteiger partial charge in [-0.1, -0.05) is 23.4 Å². The van der Waals surface area contributed by atoms with Crippen molar-refractivity contribution in [2.75, 3.05) is 20.8 Å². The highest BCUT2D eigenvalue weighted by atomic mass is 16.6. The zero-order valence-electron chi connectivity index (χ0n) is 17.6. The molecule has 0 N–H and O–H groups in total. The van der Waals surface area contributed by atoms with Gasteiger partial charge in [-0.15, -0.1) is 0 Å². The minimum absolute atomic E-state index is 0.192. The Balaban J connectivity index is 1.91. The van der Waals surface area contributed by atoms with Gasteiger partial charge in [-0.3, -0.25) is 0 Å². The van der Waals surface area contributed by atoms with Crippen LogP contribution in [0.1, 0.15) is 41.0 Å². The summed E-state index contributed by atoms with van der Waals surface area (Å²) < 4.78 is 21.1. The van der Waals surface area contributed by atoms with Crippen LogP contribution in [-0.2, 0) is 30.4 Å². The largest absolute Gasteiger partial charge is 0.503 e. The van der Waals surface area contributed by atoms with E-state index in [2.05, 4.69) is 10.3 Å².